The van der Waals surface area contributed by atoms with E-state index >= 15 is 0 Å². The summed E-state index contributed by atoms with van der Waals surface area (Å²) in [5.41, 5.74) is 0. The molecule has 11 heavy (non-hydrogen) atoms. The van der Waals surface area contributed by atoms with Crippen molar-refractivity contribution in [1.29, 1.82) is 0 Å². The molecule has 1 aliphatic rings. The molecule has 1 amide bonds. The summed E-state index contributed by atoms with van der Waals surface area (Å²) < 4.78 is 4.71. The number of carbonyl (C=O) groups excluding carboxylic acids is 1. The summed E-state index contributed by atoms with van der Waals surface area (Å²) in [6, 6.07) is 0.595. The number of carbonyl (C=O) groups is 1. The first kappa shape index (κ1) is 8.33. The number of hydrogen-bond donors (Lipinski definition) is 2. The van der Waals surface area contributed by atoms with Gasteiger partial charge >= 0.3 is 6.09 Å². The molecule has 0 radical (unpaired) electrons. The average Bonchev–Trinajstić information content (AvgIpc) is 2.31. The fourth-order valence-electron chi connectivity index (χ4n) is 0.914. The van der Waals surface area contributed by atoms with E-state index < -0.39 is 0 Å². The van der Waals surface area contributed by atoms with Gasteiger partial charge in [0, 0.05) is 12.6 Å². The maximum atomic E-state index is 10.5. The largest absolute Gasteiger partial charge is 0.447 e. The van der Waals surface area contributed by atoms with Crippen molar-refractivity contribution < 1.29 is 9.53 Å². The summed E-state index contributed by atoms with van der Waals surface area (Å²) in [6.45, 7) is 5.40. The molecule has 1 fully saturated rings. The predicted octanol–water partition coefficient (Wildman–Crippen LogP) is 0.0928. The van der Waals surface area contributed by atoms with Crippen LogP contribution in [-0.4, -0.2) is 31.3 Å². The highest BCUT2D eigenvalue weighted by Crippen LogP contribution is 1.95. The summed E-state index contributed by atoms with van der Waals surface area (Å²) in [4.78, 5) is 10.5. The smallest absolute Gasteiger partial charge is 0.407 e. The molecule has 1 heterocycles. The van der Waals surface area contributed by atoms with Gasteiger partial charge in [0.05, 0.1) is 6.04 Å². The second kappa shape index (κ2) is 3.57. The van der Waals surface area contributed by atoms with Crippen molar-refractivity contribution >= 4 is 6.09 Å². The number of nitrogens with one attached hydrogen (secondary N) is 2. The van der Waals surface area contributed by atoms with Crippen LogP contribution in [0.2, 0.25) is 0 Å². The van der Waals surface area contributed by atoms with Gasteiger partial charge in [-0.15, -0.1) is 0 Å². The Hall–Kier alpha value is -0.770. The molecule has 0 bridgehead atoms. The Kier molecular flexibility index (Phi) is 2.70. The van der Waals surface area contributed by atoms with Crippen LogP contribution in [0.15, 0.2) is 0 Å². The van der Waals surface area contributed by atoms with Gasteiger partial charge in [-0.05, 0) is 0 Å². The summed E-state index contributed by atoms with van der Waals surface area (Å²) in [5, 5.41) is 5.90. The van der Waals surface area contributed by atoms with Gasteiger partial charge in [0.25, 0.3) is 0 Å². The van der Waals surface area contributed by atoms with Crippen LogP contribution in [0.3, 0.4) is 0 Å². The summed E-state index contributed by atoms with van der Waals surface area (Å²) in [5.74, 6) is 0. The molecule has 0 aromatic carbocycles. The van der Waals surface area contributed by atoms with E-state index in [4.69, 9.17) is 4.74 Å². The number of cyclic esters (lactones) is 1. The van der Waals surface area contributed by atoms with Gasteiger partial charge in [-0.2, -0.15) is 0 Å². The molecule has 1 aliphatic heterocycles. The first-order valence-corrected chi connectivity index (χ1v) is 3.85. The molecule has 0 aromatic heterocycles. The molecule has 0 aliphatic carbocycles. The topological polar surface area (TPSA) is 50.4 Å². The number of ether oxygens (including phenoxy) is 1. The molecule has 1 saturated heterocycles. The third kappa shape index (κ3) is 2.76. The minimum atomic E-state index is -0.305. The zero-order chi connectivity index (χ0) is 8.27. The molecule has 0 saturated carbocycles. The first-order chi connectivity index (χ1) is 5.18. The highest BCUT2D eigenvalue weighted by atomic mass is 16.6. The van der Waals surface area contributed by atoms with Crippen molar-refractivity contribution in [2.75, 3.05) is 13.2 Å². The van der Waals surface area contributed by atoms with Gasteiger partial charge < -0.3 is 15.4 Å². The Morgan fingerprint density at radius 2 is 2.55 bits per heavy atom. The van der Waals surface area contributed by atoms with Crippen LogP contribution in [0, 0.1) is 0 Å². The predicted molar refractivity (Wildman–Crippen MR) is 41.4 cm³/mol. The first-order valence-electron chi connectivity index (χ1n) is 3.85. The average molecular weight is 158 g/mol. The lowest BCUT2D eigenvalue weighted by atomic mass is 10.3. The number of alkyl carbamates (subject to hydrolysis) is 1. The minimum Gasteiger partial charge on any atom is -0.447 e. The lowest BCUT2D eigenvalue weighted by Gasteiger charge is -2.11. The van der Waals surface area contributed by atoms with Gasteiger partial charge in [-0.1, -0.05) is 13.8 Å². The van der Waals surface area contributed by atoms with E-state index in [2.05, 4.69) is 24.5 Å². The maximum Gasteiger partial charge on any atom is 0.407 e. The highest BCUT2D eigenvalue weighted by molar-refractivity contribution is 5.69. The summed E-state index contributed by atoms with van der Waals surface area (Å²) in [7, 11) is 0. The molecule has 64 valence electrons. The van der Waals surface area contributed by atoms with Crippen LogP contribution < -0.4 is 10.6 Å². The zero-order valence-corrected chi connectivity index (χ0v) is 6.89. The van der Waals surface area contributed by atoms with Crippen molar-refractivity contribution in [3.63, 3.8) is 0 Å². The van der Waals surface area contributed by atoms with Crippen molar-refractivity contribution in [2.45, 2.75) is 25.9 Å². The third-order valence-corrected chi connectivity index (χ3v) is 1.51. The fraction of sp³-hybridized carbons (Fsp3) is 0.857. The second-order valence-electron chi connectivity index (χ2n) is 3.00. The lowest BCUT2D eigenvalue weighted by molar-refractivity contribution is 0.176. The van der Waals surface area contributed by atoms with E-state index in [1.54, 1.807) is 0 Å². The number of rotatable bonds is 3. The second-order valence-corrected chi connectivity index (χ2v) is 3.00. The Bertz CT molecular complexity index is 147. The molecule has 0 spiro atoms. The lowest BCUT2D eigenvalue weighted by Crippen LogP contribution is -2.39. The Balaban J connectivity index is 2.13. The van der Waals surface area contributed by atoms with Crippen LogP contribution in [0.4, 0.5) is 4.79 Å². The van der Waals surface area contributed by atoms with Crippen LogP contribution in [0.1, 0.15) is 13.8 Å². The van der Waals surface area contributed by atoms with Gasteiger partial charge in [0.1, 0.15) is 6.61 Å². The van der Waals surface area contributed by atoms with Crippen LogP contribution >= 0.6 is 0 Å². The van der Waals surface area contributed by atoms with Gasteiger partial charge in [0.15, 0.2) is 0 Å². The fourth-order valence-corrected chi connectivity index (χ4v) is 0.914. The van der Waals surface area contributed by atoms with Crippen LogP contribution in [0.5, 0.6) is 0 Å². The van der Waals surface area contributed by atoms with E-state index in [1.807, 2.05) is 0 Å². The Labute approximate surface area is 66.3 Å². The molecular formula is C7H14N2O2. The molecule has 4 nitrogen and oxygen atoms in total. The molecule has 2 N–H and O–H groups in total. The van der Waals surface area contributed by atoms with Gasteiger partial charge in [-0.3, -0.25) is 0 Å². The highest BCUT2D eigenvalue weighted by Gasteiger charge is 2.21. The minimum absolute atomic E-state index is 0.143. The van der Waals surface area contributed by atoms with E-state index in [0.717, 1.165) is 6.54 Å². The van der Waals surface area contributed by atoms with Crippen LogP contribution in [-0.2, 0) is 4.74 Å². The number of amides is 1. The monoisotopic (exact) mass is 158 g/mol. The Morgan fingerprint density at radius 3 is 3.00 bits per heavy atom. The van der Waals surface area contributed by atoms with E-state index in [0.29, 0.717) is 12.6 Å². The Morgan fingerprint density at radius 1 is 1.82 bits per heavy atom. The van der Waals surface area contributed by atoms with E-state index in [9.17, 15) is 4.79 Å². The molecule has 0 aromatic rings. The third-order valence-electron chi connectivity index (χ3n) is 1.51. The van der Waals surface area contributed by atoms with Crippen molar-refractivity contribution in [1.82, 2.24) is 10.6 Å². The van der Waals surface area contributed by atoms with Crippen LogP contribution in [0.25, 0.3) is 0 Å². The van der Waals surface area contributed by atoms with Gasteiger partial charge in [-0.25, -0.2) is 4.79 Å². The van der Waals surface area contributed by atoms with Crippen molar-refractivity contribution in [3.8, 4) is 0 Å². The van der Waals surface area contributed by atoms with Gasteiger partial charge in [0.2, 0.25) is 0 Å². The molecule has 1 unspecified atom stereocenters. The normalized spacial score (nSPS) is 23.5. The summed E-state index contributed by atoms with van der Waals surface area (Å²) >= 11 is 0. The molecular weight excluding hydrogens is 144 g/mol. The van der Waals surface area contributed by atoms with Crippen molar-refractivity contribution in [3.05, 3.63) is 0 Å². The number of hydrogen-bond acceptors (Lipinski definition) is 3. The molecule has 1 atom stereocenters. The standard InChI is InChI=1S/C7H14N2O2/c1-5(2)8-3-6-4-11-7(10)9-6/h5-6,8H,3-4H2,1-2H3,(H,9,10). The molecule has 4 heteroatoms. The van der Waals surface area contributed by atoms with E-state index in [-0.39, 0.29) is 12.1 Å². The maximum absolute atomic E-state index is 10.5. The van der Waals surface area contributed by atoms with Crippen molar-refractivity contribution in [2.24, 2.45) is 0 Å². The quantitative estimate of drug-likeness (QED) is 0.612. The molecule has 1 rings (SSSR count). The SMILES string of the molecule is CC(C)NCC1COC(=O)N1. The van der Waals surface area contributed by atoms with E-state index in [1.165, 1.54) is 0 Å². The summed E-state index contributed by atoms with van der Waals surface area (Å²) in [6.07, 6.45) is -0.305. The zero-order valence-electron chi connectivity index (χ0n) is 6.89.